The highest BCUT2D eigenvalue weighted by atomic mass is 16.4. The molecule has 0 saturated carbocycles. The van der Waals surface area contributed by atoms with E-state index in [4.69, 9.17) is 5.11 Å². The lowest BCUT2D eigenvalue weighted by Crippen LogP contribution is -2.36. The van der Waals surface area contributed by atoms with E-state index < -0.39 is 5.97 Å². The zero-order valence-electron chi connectivity index (χ0n) is 10.7. The predicted molar refractivity (Wildman–Crippen MR) is 66.2 cm³/mol. The summed E-state index contributed by atoms with van der Waals surface area (Å²) in [5.41, 5.74) is 1.56. The van der Waals surface area contributed by atoms with Crippen LogP contribution >= 0.6 is 0 Å². The van der Waals surface area contributed by atoms with Crippen LogP contribution in [0.2, 0.25) is 0 Å². The SMILES string of the molecule is CC(C)CC1c2ccc(C(=O)O)n2CCN1C. The zero-order valence-corrected chi connectivity index (χ0v) is 10.7. The summed E-state index contributed by atoms with van der Waals surface area (Å²) in [6.07, 6.45) is 1.07. The largest absolute Gasteiger partial charge is 0.477 e. The van der Waals surface area contributed by atoms with E-state index in [1.165, 1.54) is 0 Å². The maximum atomic E-state index is 11.1. The van der Waals surface area contributed by atoms with Gasteiger partial charge in [-0.15, -0.1) is 0 Å². The molecule has 1 unspecified atom stereocenters. The summed E-state index contributed by atoms with van der Waals surface area (Å²) in [7, 11) is 2.12. The molecule has 1 aliphatic rings. The molecule has 4 heteroatoms. The molecule has 1 atom stereocenters. The molecule has 17 heavy (non-hydrogen) atoms. The molecule has 0 amide bonds. The molecule has 1 aromatic heterocycles. The Hall–Kier alpha value is -1.29. The summed E-state index contributed by atoms with van der Waals surface area (Å²) in [6.45, 7) is 6.09. The van der Waals surface area contributed by atoms with Crippen molar-refractivity contribution in [3.8, 4) is 0 Å². The third-order valence-corrected chi connectivity index (χ3v) is 3.48. The Morgan fingerprint density at radius 3 is 2.76 bits per heavy atom. The normalized spacial score (nSPS) is 20.6. The molecule has 94 valence electrons. The van der Waals surface area contributed by atoms with Crippen LogP contribution in [0.1, 0.15) is 42.5 Å². The van der Waals surface area contributed by atoms with E-state index >= 15 is 0 Å². The first-order chi connectivity index (χ1) is 8.00. The molecule has 1 aliphatic heterocycles. The molecule has 2 heterocycles. The Bertz CT molecular complexity index is 423. The monoisotopic (exact) mass is 236 g/mol. The third-order valence-electron chi connectivity index (χ3n) is 3.48. The first-order valence-corrected chi connectivity index (χ1v) is 6.13. The number of fused-ring (bicyclic) bond motifs is 1. The fourth-order valence-corrected chi connectivity index (χ4v) is 2.60. The van der Waals surface area contributed by atoms with Crippen LogP contribution in [0.15, 0.2) is 12.1 Å². The van der Waals surface area contributed by atoms with E-state index in [1.54, 1.807) is 6.07 Å². The molecule has 1 aromatic rings. The molecule has 0 radical (unpaired) electrons. The fraction of sp³-hybridized carbons (Fsp3) is 0.615. The van der Waals surface area contributed by atoms with E-state index in [-0.39, 0.29) is 0 Å². The first-order valence-electron chi connectivity index (χ1n) is 6.13. The van der Waals surface area contributed by atoms with Crippen molar-refractivity contribution >= 4 is 5.97 Å². The summed E-state index contributed by atoms with van der Waals surface area (Å²) in [6, 6.07) is 4.04. The van der Waals surface area contributed by atoms with Crippen molar-refractivity contribution in [2.24, 2.45) is 5.92 Å². The number of likely N-dealkylation sites (N-methyl/N-ethyl adjacent to an activating group) is 1. The molecule has 1 N–H and O–H groups in total. The number of aromatic nitrogens is 1. The van der Waals surface area contributed by atoms with Gasteiger partial charge in [0.1, 0.15) is 5.69 Å². The van der Waals surface area contributed by atoms with Crippen molar-refractivity contribution in [2.75, 3.05) is 13.6 Å². The predicted octanol–water partition coefficient (Wildman–Crippen LogP) is 2.22. The van der Waals surface area contributed by atoms with Crippen LogP contribution in [0, 0.1) is 5.92 Å². The number of carboxylic acids is 1. The number of rotatable bonds is 3. The van der Waals surface area contributed by atoms with E-state index in [0.29, 0.717) is 17.7 Å². The van der Waals surface area contributed by atoms with Crippen LogP contribution in [-0.4, -0.2) is 34.1 Å². The standard InChI is InChI=1S/C13H20N2O2/c1-9(2)8-12-10-4-5-11(13(16)17)15(10)7-6-14(12)3/h4-5,9,12H,6-8H2,1-3H3,(H,16,17). The minimum Gasteiger partial charge on any atom is -0.477 e. The number of hydrogen-bond donors (Lipinski definition) is 1. The van der Waals surface area contributed by atoms with Crippen LogP contribution in [0.4, 0.5) is 0 Å². The van der Waals surface area contributed by atoms with Gasteiger partial charge < -0.3 is 9.67 Å². The minimum atomic E-state index is -0.830. The van der Waals surface area contributed by atoms with Gasteiger partial charge in [0, 0.05) is 18.8 Å². The lowest BCUT2D eigenvalue weighted by atomic mass is 9.98. The Balaban J connectivity index is 2.35. The van der Waals surface area contributed by atoms with E-state index in [1.807, 2.05) is 10.6 Å². The summed E-state index contributed by atoms with van der Waals surface area (Å²) >= 11 is 0. The Morgan fingerprint density at radius 1 is 1.47 bits per heavy atom. The minimum absolute atomic E-state index is 0.344. The van der Waals surface area contributed by atoms with Crippen molar-refractivity contribution in [1.82, 2.24) is 9.47 Å². The molecule has 0 bridgehead atoms. The zero-order chi connectivity index (χ0) is 12.6. The van der Waals surface area contributed by atoms with Gasteiger partial charge in [0.15, 0.2) is 0 Å². The molecule has 2 rings (SSSR count). The number of aromatic carboxylic acids is 1. The van der Waals surface area contributed by atoms with Crippen molar-refractivity contribution < 1.29 is 9.90 Å². The second kappa shape index (κ2) is 4.53. The molecule has 0 fully saturated rings. The topological polar surface area (TPSA) is 45.5 Å². The lowest BCUT2D eigenvalue weighted by Gasteiger charge is -2.35. The van der Waals surface area contributed by atoms with Gasteiger partial charge in [-0.25, -0.2) is 4.79 Å². The molecule has 0 spiro atoms. The van der Waals surface area contributed by atoms with Crippen molar-refractivity contribution in [3.05, 3.63) is 23.5 Å². The molecular formula is C13H20N2O2. The molecule has 4 nitrogen and oxygen atoms in total. The van der Waals surface area contributed by atoms with Gasteiger partial charge in [0.2, 0.25) is 0 Å². The van der Waals surface area contributed by atoms with Gasteiger partial charge in [-0.3, -0.25) is 4.90 Å². The van der Waals surface area contributed by atoms with Gasteiger partial charge in [-0.2, -0.15) is 0 Å². The number of nitrogens with zero attached hydrogens (tertiary/aromatic N) is 2. The summed E-state index contributed by atoms with van der Waals surface area (Å²) in [5.74, 6) is -0.221. The molecule has 0 aliphatic carbocycles. The van der Waals surface area contributed by atoms with Gasteiger partial charge in [-0.05, 0) is 31.5 Å². The summed E-state index contributed by atoms with van der Waals surface area (Å²) in [5, 5.41) is 9.13. The smallest absolute Gasteiger partial charge is 0.352 e. The molecular weight excluding hydrogens is 216 g/mol. The quantitative estimate of drug-likeness (QED) is 0.875. The number of carbonyl (C=O) groups is 1. The third kappa shape index (κ3) is 2.22. The second-order valence-corrected chi connectivity index (χ2v) is 5.23. The highest BCUT2D eigenvalue weighted by Crippen LogP contribution is 2.31. The van der Waals surface area contributed by atoms with Crippen molar-refractivity contribution in [1.29, 1.82) is 0 Å². The van der Waals surface area contributed by atoms with Crippen LogP contribution in [0.5, 0.6) is 0 Å². The van der Waals surface area contributed by atoms with Gasteiger partial charge in [0.05, 0.1) is 6.04 Å². The van der Waals surface area contributed by atoms with Gasteiger partial charge >= 0.3 is 5.97 Å². The Morgan fingerprint density at radius 2 is 2.18 bits per heavy atom. The van der Waals surface area contributed by atoms with Crippen LogP contribution in [-0.2, 0) is 6.54 Å². The summed E-state index contributed by atoms with van der Waals surface area (Å²) in [4.78, 5) is 13.4. The maximum Gasteiger partial charge on any atom is 0.352 e. The molecule has 0 aromatic carbocycles. The maximum absolute atomic E-state index is 11.1. The van der Waals surface area contributed by atoms with E-state index in [0.717, 1.165) is 25.2 Å². The number of carboxylic acid groups (broad SMARTS) is 1. The lowest BCUT2D eigenvalue weighted by molar-refractivity contribution is 0.0678. The average molecular weight is 236 g/mol. The van der Waals surface area contributed by atoms with E-state index in [9.17, 15) is 4.79 Å². The van der Waals surface area contributed by atoms with Crippen molar-refractivity contribution in [3.63, 3.8) is 0 Å². The van der Waals surface area contributed by atoms with Crippen LogP contribution < -0.4 is 0 Å². The van der Waals surface area contributed by atoms with Gasteiger partial charge in [-0.1, -0.05) is 13.8 Å². The second-order valence-electron chi connectivity index (χ2n) is 5.23. The fourth-order valence-electron chi connectivity index (χ4n) is 2.60. The molecule has 0 saturated heterocycles. The van der Waals surface area contributed by atoms with Crippen molar-refractivity contribution in [2.45, 2.75) is 32.9 Å². The highest BCUT2D eigenvalue weighted by Gasteiger charge is 2.28. The Labute approximate surface area is 102 Å². The first kappa shape index (κ1) is 12.2. The average Bonchev–Trinajstić information content (AvgIpc) is 2.65. The van der Waals surface area contributed by atoms with Crippen LogP contribution in [0.25, 0.3) is 0 Å². The van der Waals surface area contributed by atoms with Gasteiger partial charge in [0.25, 0.3) is 0 Å². The highest BCUT2D eigenvalue weighted by molar-refractivity contribution is 5.86. The Kier molecular flexibility index (Phi) is 3.24. The summed E-state index contributed by atoms with van der Waals surface area (Å²) < 4.78 is 1.95. The van der Waals surface area contributed by atoms with E-state index in [2.05, 4.69) is 25.8 Å². The van der Waals surface area contributed by atoms with Crippen LogP contribution in [0.3, 0.4) is 0 Å². The number of hydrogen-bond acceptors (Lipinski definition) is 2.